The molecule has 1 amide bonds. The second-order valence-corrected chi connectivity index (χ2v) is 7.60. The standard InChI is InChI=1S/C27H22N4O2/c32-26(28-17-21-11-4-5-12-22(21)19-31-16-8-15-30-31)23-13-6-7-14-24(23)27-29-18-25(33-27)20-9-2-1-3-10-20/h1-16,18H,17,19H2,(H,28,32). The molecule has 0 spiro atoms. The van der Waals surface area contributed by atoms with Crippen LogP contribution in [0, 0.1) is 0 Å². The Hall–Kier alpha value is -4.45. The summed E-state index contributed by atoms with van der Waals surface area (Å²) in [5.74, 6) is 0.894. The zero-order valence-corrected chi connectivity index (χ0v) is 17.9. The molecule has 0 radical (unpaired) electrons. The summed E-state index contributed by atoms with van der Waals surface area (Å²) in [5.41, 5.74) is 4.26. The van der Waals surface area contributed by atoms with E-state index in [4.69, 9.17) is 4.42 Å². The molecule has 5 rings (SSSR count). The van der Waals surface area contributed by atoms with Gasteiger partial charge in [0.05, 0.1) is 18.3 Å². The zero-order valence-electron chi connectivity index (χ0n) is 17.9. The highest BCUT2D eigenvalue weighted by molar-refractivity contribution is 6.00. The average molecular weight is 434 g/mol. The molecule has 0 fully saturated rings. The van der Waals surface area contributed by atoms with Crippen LogP contribution in [0.2, 0.25) is 0 Å². The van der Waals surface area contributed by atoms with Crippen molar-refractivity contribution in [3.8, 4) is 22.8 Å². The van der Waals surface area contributed by atoms with Crippen molar-refractivity contribution in [1.29, 1.82) is 0 Å². The smallest absolute Gasteiger partial charge is 0.252 e. The van der Waals surface area contributed by atoms with Gasteiger partial charge >= 0.3 is 0 Å². The van der Waals surface area contributed by atoms with E-state index < -0.39 is 0 Å². The number of benzene rings is 3. The second kappa shape index (κ2) is 9.36. The number of rotatable bonds is 7. The number of nitrogens with one attached hydrogen (secondary N) is 1. The highest BCUT2D eigenvalue weighted by Crippen LogP contribution is 2.28. The maximum Gasteiger partial charge on any atom is 0.252 e. The van der Waals surface area contributed by atoms with Gasteiger partial charge in [-0.2, -0.15) is 5.10 Å². The van der Waals surface area contributed by atoms with Crippen LogP contribution in [0.15, 0.2) is 108 Å². The second-order valence-electron chi connectivity index (χ2n) is 7.60. The van der Waals surface area contributed by atoms with E-state index in [-0.39, 0.29) is 5.91 Å². The first-order valence-electron chi connectivity index (χ1n) is 10.7. The van der Waals surface area contributed by atoms with E-state index in [1.807, 2.05) is 83.7 Å². The molecule has 5 aromatic rings. The van der Waals surface area contributed by atoms with E-state index in [0.29, 0.717) is 35.9 Å². The lowest BCUT2D eigenvalue weighted by Crippen LogP contribution is -2.24. The fourth-order valence-electron chi connectivity index (χ4n) is 3.73. The highest BCUT2D eigenvalue weighted by Gasteiger charge is 2.17. The third-order valence-corrected chi connectivity index (χ3v) is 5.42. The lowest BCUT2D eigenvalue weighted by Gasteiger charge is -2.12. The van der Waals surface area contributed by atoms with Crippen LogP contribution in [-0.2, 0) is 13.1 Å². The van der Waals surface area contributed by atoms with Crippen LogP contribution in [0.1, 0.15) is 21.5 Å². The van der Waals surface area contributed by atoms with E-state index in [1.54, 1.807) is 18.5 Å². The molecule has 0 aliphatic rings. The Morgan fingerprint density at radius 1 is 0.879 bits per heavy atom. The molecule has 0 saturated heterocycles. The van der Waals surface area contributed by atoms with Gasteiger partial charge in [0.1, 0.15) is 0 Å². The molecular weight excluding hydrogens is 412 g/mol. The summed E-state index contributed by atoms with van der Waals surface area (Å²) in [4.78, 5) is 17.5. The average Bonchev–Trinajstić information content (AvgIpc) is 3.56. The van der Waals surface area contributed by atoms with Crippen molar-refractivity contribution in [3.05, 3.63) is 120 Å². The summed E-state index contributed by atoms with van der Waals surface area (Å²) >= 11 is 0. The molecule has 2 aromatic heterocycles. The fourth-order valence-corrected chi connectivity index (χ4v) is 3.73. The largest absolute Gasteiger partial charge is 0.436 e. The Labute approximate surface area is 191 Å². The van der Waals surface area contributed by atoms with Gasteiger partial charge in [0, 0.05) is 30.1 Å². The summed E-state index contributed by atoms with van der Waals surface area (Å²) in [6.45, 7) is 1.06. The minimum Gasteiger partial charge on any atom is -0.436 e. The molecule has 0 unspecified atom stereocenters. The van der Waals surface area contributed by atoms with E-state index in [2.05, 4.69) is 21.5 Å². The Bertz CT molecular complexity index is 1360. The molecular formula is C27H22N4O2. The van der Waals surface area contributed by atoms with Crippen molar-refractivity contribution in [1.82, 2.24) is 20.1 Å². The topological polar surface area (TPSA) is 73.0 Å². The summed E-state index contributed by atoms with van der Waals surface area (Å²) in [6.07, 6.45) is 5.36. The molecule has 33 heavy (non-hydrogen) atoms. The summed E-state index contributed by atoms with van der Waals surface area (Å²) < 4.78 is 7.85. The predicted octanol–water partition coefficient (Wildman–Crippen LogP) is 5.18. The van der Waals surface area contributed by atoms with Crippen LogP contribution < -0.4 is 5.32 Å². The van der Waals surface area contributed by atoms with Crippen molar-refractivity contribution in [2.24, 2.45) is 0 Å². The molecule has 6 heteroatoms. The molecule has 1 N–H and O–H groups in total. The first-order valence-corrected chi connectivity index (χ1v) is 10.7. The Balaban J connectivity index is 1.35. The number of oxazole rings is 1. The van der Waals surface area contributed by atoms with Crippen molar-refractivity contribution in [2.45, 2.75) is 13.1 Å². The molecule has 6 nitrogen and oxygen atoms in total. The van der Waals surface area contributed by atoms with Gasteiger partial charge in [0.25, 0.3) is 5.91 Å². The third kappa shape index (κ3) is 4.60. The molecule has 0 saturated carbocycles. The summed E-state index contributed by atoms with van der Waals surface area (Å²) in [6, 6.07) is 27.0. The first kappa shape index (κ1) is 20.5. The van der Waals surface area contributed by atoms with Gasteiger partial charge in [-0.05, 0) is 29.3 Å². The maximum atomic E-state index is 13.1. The van der Waals surface area contributed by atoms with Crippen LogP contribution in [0.5, 0.6) is 0 Å². The van der Waals surface area contributed by atoms with Crippen LogP contribution in [0.4, 0.5) is 0 Å². The molecule has 0 aliphatic carbocycles. The minimum atomic E-state index is -0.182. The number of aromatic nitrogens is 3. The molecule has 3 aromatic carbocycles. The zero-order chi connectivity index (χ0) is 22.5. The van der Waals surface area contributed by atoms with Crippen LogP contribution in [-0.4, -0.2) is 20.7 Å². The number of hydrogen-bond acceptors (Lipinski definition) is 4. The van der Waals surface area contributed by atoms with Crippen molar-refractivity contribution >= 4 is 5.91 Å². The van der Waals surface area contributed by atoms with Crippen LogP contribution in [0.3, 0.4) is 0 Å². The highest BCUT2D eigenvalue weighted by atomic mass is 16.4. The molecule has 2 heterocycles. The van der Waals surface area contributed by atoms with Gasteiger partial charge < -0.3 is 9.73 Å². The van der Waals surface area contributed by atoms with Gasteiger partial charge in [0.2, 0.25) is 5.89 Å². The Kier molecular flexibility index (Phi) is 5.80. The van der Waals surface area contributed by atoms with Crippen LogP contribution >= 0.6 is 0 Å². The normalized spacial score (nSPS) is 10.8. The van der Waals surface area contributed by atoms with Crippen molar-refractivity contribution in [3.63, 3.8) is 0 Å². The van der Waals surface area contributed by atoms with E-state index >= 15 is 0 Å². The van der Waals surface area contributed by atoms with E-state index in [0.717, 1.165) is 16.7 Å². The van der Waals surface area contributed by atoms with Crippen LogP contribution in [0.25, 0.3) is 22.8 Å². The van der Waals surface area contributed by atoms with Crippen molar-refractivity contribution < 1.29 is 9.21 Å². The molecule has 162 valence electrons. The van der Waals surface area contributed by atoms with Gasteiger partial charge in [-0.15, -0.1) is 0 Å². The number of carbonyl (C=O) groups is 1. The number of carbonyl (C=O) groups excluding carboxylic acids is 1. The Morgan fingerprint density at radius 2 is 1.64 bits per heavy atom. The van der Waals surface area contributed by atoms with Gasteiger partial charge in [-0.1, -0.05) is 66.7 Å². The van der Waals surface area contributed by atoms with E-state index in [9.17, 15) is 4.79 Å². The quantitative estimate of drug-likeness (QED) is 0.383. The number of hydrogen-bond donors (Lipinski definition) is 1. The molecule has 0 bridgehead atoms. The van der Waals surface area contributed by atoms with Gasteiger partial charge in [-0.25, -0.2) is 4.98 Å². The Morgan fingerprint density at radius 3 is 2.45 bits per heavy atom. The monoisotopic (exact) mass is 434 g/mol. The minimum absolute atomic E-state index is 0.182. The van der Waals surface area contributed by atoms with E-state index in [1.165, 1.54) is 0 Å². The molecule has 0 aliphatic heterocycles. The SMILES string of the molecule is O=C(NCc1ccccc1Cn1cccn1)c1ccccc1-c1ncc(-c2ccccc2)o1. The van der Waals surface area contributed by atoms with Gasteiger partial charge in [0.15, 0.2) is 5.76 Å². The lowest BCUT2D eigenvalue weighted by atomic mass is 10.1. The first-order chi connectivity index (χ1) is 16.3. The predicted molar refractivity (Wildman–Crippen MR) is 126 cm³/mol. The summed E-state index contributed by atoms with van der Waals surface area (Å²) in [5, 5.41) is 7.32. The van der Waals surface area contributed by atoms with Gasteiger partial charge in [-0.3, -0.25) is 9.48 Å². The van der Waals surface area contributed by atoms with Crippen molar-refractivity contribution in [2.75, 3.05) is 0 Å². The third-order valence-electron chi connectivity index (χ3n) is 5.42. The maximum absolute atomic E-state index is 13.1. The number of amides is 1. The fraction of sp³-hybridized carbons (Fsp3) is 0.0741. The lowest BCUT2D eigenvalue weighted by molar-refractivity contribution is 0.0951. The summed E-state index contributed by atoms with van der Waals surface area (Å²) in [7, 11) is 0. The number of nitrogens with zero attached hydrogens (tertiary/aromatic N) is 3. The molecule has 0 atom stereocenters.